The Balaban J connectivity index is 2.34. The number of ether oxygens (including phenoxy) is 1. The van der Waals surface area contributed by atoms with E-state index in [0.29, 0.717) is 18.2 Å². The molecule has 5 heteroatoms. The van der Waals surface area contributed by atoms with Crippen molar-refractivity contribution in [2.24, 2.45) is 0 Å². The van der Waals surface area contributed by atoms with Crippen LogP contribution >= 0.6 is 0 Å². The Hall–Kier alpha value is -2.04. The largest absolute Gasteiger partial charge is 0.476 e. The topological polar surface area (TPSA) is 66.0 Å². The van der Waals surface area contributed by atoms with Gasteiger partial charge < -0.3 is 10.5 Å². The Morgan fingerprint density at radius 3 is 2.89 bits per heavy atom. The second kappa shape index (κ2) is 5.53. The molecule has 0 atom stereocenters. The standard InChI is InChI=1S/C13H18N4O/c1-3-9-18-13-10(14)5-6-12(16-13)17-8-7-15-11(17)4-2/h5-8H,3-4,9,14H2,1-2H3. The Labute approximate surface area is 107 Å². The van der Waals surface area contributed by atoms with Crippen LogP contribution in [0.2, 0.25) is 0 Å². The number of anilines is 1. The van der Waals surface area contributed by atoms with Crippen LogP contribution < -0.4 is 10.5 Å². The SMILES string of the molecule is CCCOc1nc(-n2ccnc2CC)ccc1N. The molecule has 0 saturated heterocycles. The van der Waals surface area contributed by atoms with Gasteiger partial charge in [0.1, 0.15) is 11.6 Å². The fourth-order valence-corrected chi connectivity index (χ4v) is 1.69. The number of aromatic nitrogens is 3. The van der Waals surface area contributed by atoms with Gasteiger partial charge in [-0.05, 0) is 18.6 Å². The van der Waals surface area contributed by atoms with E-state index in [1.54, 1.807) is 6.20 Å². The summed E-state index contributed by atoms with van der Waals surface area (Å²) >= 11 is 0. The summed E-state index contributed by atoms with van der Waals surface area (Å²) in [5, 5.41) is 0. The van der Waals surface area contributed by atoms with Crippen molar-refractivity contribution in [3.63, 3.8) is 0 Å². The second-order valence-electron chi connectivity index (χ2n) is 3.98. The zero-order chi connectivity index (χ0) is 13.0. The summed E-state index contributed by atoms with van der Waals surface area (Å²) in [5.41, 5.74) is 6.40. The molecular weight excluding hydrogens is 228 g/mol. The van der Waals surface area contributed by atoms with Gasteiger partial charge in [0.15, 0.2) is 0 Å². The maximum atomic E-state index is 5.84. The van der Waals surface area contributed by atoms with Crippen molar-refractivity contribution in [3.8, 4) is 11.7 Å². The third-order valence-electron chi connectivity index (χ3n) is 2.60. The molecule has 2 aromatic rings. The van der Waals surface area contributed by atoms with Crippen LogP contribution in [0.5, 0.6) is 5.88 Å². The van der Waals surface area contributed by atoms with E-state index in [9.17, 15) is 0 Å². The van der Waals surface area contributed by atoms with Gasteiger partial charge in [-0.15, -0.1) is 0 Å². The molecule has 18 heavy (non-hydrogen) atoms. The summed E-state index contributed by atoms with van der Waals surface area (Å²) < 4.78 is 7.47. The fourth-order valence-electron chi connectivity index (χ4n) is 1.69. The number of nitrogens with zero attached hydrogens (tertiary/aromatic N) is 3. The first-order chi connectivity index (χ1) is 8.76. The van der Waals surface area contributed by atoms with Gasteiger partial charge >= 0.3 is 0 Å². The third kappa shape index (κ3) is 2.45. The van der Waals surface area contributed by atoms with Gasteiger partial charge in [0.2, 0.25) is 5.88 Å². The van der Waals surface area contributed by atoms with E-state index in [2.05, 4.69) is 16.9 Å². The summed E-state index contributed by atoms with van der Waals surface area (Å²) in [7, 11) is 0. The van der Waals surface area contributed by atoms with Crippen molar-refractivity contribution in [2.45, 2.75) is 26.7 Å². The molecule has 0 unspecified atom stereocenters. The Morgan fingerprint density at radius 1 is 1.33 bits per heavy atom. The van der Waals surface area contributed by atoms with E-state index in [0.717, 1.165) is 24.5 Å². The van der Waals surface area contributed by atoms with Gasteiger partial charge in [-0.1, -0.05) is 13.8 Å². The van der Waals surface area contributed by atoms with Crippen molar-refractivity contribution in [3.05, 3.63) is 30.4 Å². The van der Waals surface area contributed by atoms with Crippen LogP contribution in [-0.4, -0.2) is 21.1 Å². The Bertz CT molecular complexity index is 521. The van der Waals surface area contributed by atoms with Crippen LogP contribution in [0.1, 0.15) is 26.1 Å². The van der Waals surface area contributed by atoms with E-state index in [1.165, 1.54) is 0 Å². The predicted molar refractivity (Wildman–Crippen MR) is 70.9 cm³/mol. The number of pyridine rings is 1. The normalized spacial score (nSPS) is 10.6. The average molecular weight is 246 g/mol. The first-order valence-corrected chi connectivity index (χ1v) is 6.18. The molecule has 2 heterocycles. The fraction of sp³-hybridized carbons (Fsp3) is 0.385. The number of nitrogen functional groups attached to an aromatic ring is 1. The predicted octanol–water partition coefficient (Wildman–Crippen LogP) is 2.20. The van der Waals surface area contributed by atoms with Gasteiger partial charge in [-0.3, -0.25) is 4.57 Å². The molecule has 2 N–H and O–H groups in total. The van der Waals surface area contributed by atoms with Crippen LogP contribution in [0, 0.1) is 0 Å². The van der Waals surface area contributed by atoms with Crippen molar-refractivity contribution in [1.29, 1.82) is 0 Å². The highest BCUT2D eigenvalue weighted by Gasteiger charge is 2.08. The molecule has 0 spiro atoms. The zero-order valence-electron chi connectivity index (χ0n) is 10.8. The number of hydrogen-bond donors (Lipinski definition) is 1. The van der Waals surface area contributed by atoms with Crippen molar-refractivity contribution in [1.82, 2.24) is 14.5 Å². The molecule has 0 fully saturated rings. The molecule has 0 aromatic carbocycles. The molecule has 2 rings (SSSR count). The lowest BCUT2D eigenvalue weighted by Crippen LogP contribution is -2.06. The lowest BCUT2D eigenvalue weighted by Gasteiger charge is -2.10. The maximum Gasteiger partial charge on any atom is 0.239 e. The smallest absolute Gasteiger partial charge is 0.239 e. The summed E-state index contributed by atoms with van der Waals surface area (Å²) in [6.07, 6.45) is 5.44. The number of rotatable bonds is 5. The highest BCUT2D eigenvalue weighted by Crippen LogP contribution is 2.21. The van der Waals surface area contributed by atoms with Crippen LogP contribution in [0.3, 0.4) is 0 Å². The maximum absolute atomic E-state index is 5.84. The molecule has 0 aliphatic carbocycles. The average Bonchev–Trinajstić information content (AvgIpc) is 2.86. The lowest BCUT2D eigenvalue weighted by atomic mass is 10.3. The molecule has 0 bridgehead atoms. The van der Waals surface area contributed by atoms with Crippen LogP contribution in [0.25, 0.3) is 5.82 Å². The molecule has 2 aromatic heterocycles. The van der Waals surface area contributed by atoms with E-state index in [-0.39, 0.29) is 0 Å². The molecule has 5 nitrogen and oxygen atoms in total. The monoisotopic (exact) mass is 246 g/mol. The van der Waals surface area contributed by atoms with Gasteiger partial charge in [0.25, 0.3) is 0 Å². The molecule has 0 aliphatic heterocycles. The molecule has 0 amide bonds. The number of nitrogens with two attached hydrogens (primary N) is 1. The van der Waals surface area contributed by atoms with Gasteiger partial charge in [0.05, 0.1) is 12.3 Å². The lowest BCUT2D eigenvalue weighted by molar-refractivity contribution is 0.307. The summed E-state index contributed by atoms with van der Waals surface area (Å²) in [5.74, 6) is 2.24. The first kappa shape index (κ1) is 12.4. The minimum atomic E-state index is 0.491. The van der Waals surface area contributed by atoms with Crippen molar-refractivity contribution in [2.75, 3.05) is 12.3 Å². The highest BCUT2D eigenvalue weighted by molar-refractivity contribution is 5.50. The molecule has 0 radical (unpaired) electrons. The highest BCUT2D eigenvalue weighted by atomic mass is 16.5. The molecule has 96 valence electrons. The third-order valence-corrected chi connectivity index (χ3v) is 2.60. The van der Waals surface area contributed by atoms with E-state index >= 15 is 0 Å². The van der Waals surface area contributed by atoms with Gasteiger partial charge in [-0.2, -0.15) is 4.98 Å². The number of aryl methyl sites for hydroxylation is 1. The van der Waals surface area contributed by atoms with E-state index < -0.39 is 0 Å². The quantitative estimate of drug-likeness (QED) is 0.878. The number of hydrogen-bond acceptors (Lipinski definition) is 4. The van der Waals surface area contributed by atoms with Crippen LogP contribution in [-0.2, 0) is 6.42 Å². The van der Waals surface area contributed by atoms with Crippen molar-refractivity contribution >= 4 is 5.69 Å². The molecule has 0 saturated carbocycles. The first-order valence-electron chi connectivity index (χ1n) is 6.18. The Morgan fingerprint density at radius 2 is 2.17 bits per heavy atom. The van der Waals surface area contributed by atoms with Gasteiger partial charge in [0, 0.05) is 18.8 Å². The van der Waals surface area contributed by atoms with Crippen LogP contribution in [0.15, 0.2) is 24.5 Å². The Kier molecular flexibility index (Phi) is 3.82. The van der Waals surface area contributed by atoms with Gasteiger partial charge in [-0.25, -0.2) is 4.98 Å². The van der Waals surface area contributed by atoms with E-state index in [1.807, 2.05) is 29.8 Å². The minimum absolute atomic E-state index is 0.491. The van der Waals surface area contributed by atoms with E-state index in [4.69, 9.17) is 10.5 Å². The molecule has 0 aliphatic rings. The second-order valence-corrected chi connectivity index (χ2v) is 3.98. The van der Waals surface area contributed by atoms with Crippen molar-refractivity contribution < 1.29 is 4.74 Å². The van der Waals surface area contributed by atoms with Crippen LogP contribution in [0.4, 0.5) is 5.69 Å². The number of imidazole rings is 1. The summed E-state index contributed by atoms with van der Waals surface area (Å²) in [4.78, 5) is 8.71. The summed E-state index contributed by atoms with van der Waals surface area (Å²) in [6, 6.07) is 3.68. The zero-order valence-corrected chi connectivity index (χ0v) is 10.8. The molecular formula is C13H18N4O. The summed E-state index contributed by atoms with van der Waals surface area (Å²) in [6.45, 7) is 4.72. The minimum Gasteiger partial charge on any atom is -0.476 e.